The largest absolute Gasteiger partial charge is 0.493 e. The van der Waals surface area contributed by atoms with E-state index in [0.29, 0.717) is 23.8 Å². The highest BCUT2D eigenvalue weighted by atomic mass is 16.5. The summed E-state index contributed by atoms with van der Waals surface area (Å²) in [5.74, 6) is 1.95. The summed E-state index contributed by atoms with van der Waals surface area (Å²) in [6.07, 6.45) is 1.94. The van der Waals surface area contributed by atoms with Crippen molar-refractivity contribution in [2.75, 3.05) is 27.3 Å². The van der Waals surface area contributed by atoms with E-state index in [9.17, 15) is 5.11 Å². The van der Waals surface area contributed by atoms with Gasteiger partial charge < -0.3 is 24.3 Å². The number of H-pyrrole nitrogens is 1. The summed E-state index contributed by atoms with van der Waals surface area (Å²) in [5, 5.41) is 11.9. The van der Waals surface area contributed by atoms with Crippen molar-refractivity contribution in [3.63, 3.8) is 0 Å². The Morgan fingerprint density at radius 3 is 2.75 bits per heavy atom. The Kier molecular flexibility index (Phi) is 5.41. The third kappa shape index (κ3) is 3.79. The van der Waals surface area contributed by atoms with E-state index in [4.69, 9.17) is 14.2 Å². The average molecular weight is 382 g/mol. The molecule has 3 aromatic rings. The number of ether oxygens (including phenoxy) is 3. The van der Waals surface area contributed by atoms with E-state index in [2.05, 4.69) is 34.1 Å². The van der Waals surface area contributed by atoms with Crippen LogP contribution in [0.25, 0.3) is 10.9 Å². The van der Waals surface area contributed by atoms with E-state index in [-0.39, 0.29) is 6.10 Å². The number of rotatable bonds is 6. The van der Waals surface area contributed by atoms with E-state index in [0.717, 1.165) is 25.0 Å². The Morgan fingerprint density at radius 2 is 1.96 bits per heavy atom. The third-order valence-corrected chi connectivity index (χ3v) is 5.33. The first-order chi connectivity index (χ1) is 13.7. The number of likely N-dealkylation sites (tertiary alicyclic amines) is 1. The lowest BCUT2D eigenvalue weighted by Crippen LogP contribution is -2.48. The number of aliphatic hydroxyl groups excluding tert-OH is 1. The number of aliphatic hydroxyl groups is 1. The quantitative estimate of drug-likeness (QED) is 0.685. The molecule has 0 saturated carbocycles. The number of piperidine rings is 1. The van der Waals surface area contributed by atoms with Crippen molar-refractivity contribution in [3.8, 4) is 17.2 Å². The lowest BCUT2D eigenvalue weighted by molar-refractivity contribution is -0.0274. The summed E-state index contributed by atoms with van der Waals surface area (Å²) in [7, 11) is 3.20. The molecule has 2 N–H and O–H groups in total. The molecule has 6 nitrogen and oxygen atoms in total. The molecule has 0 bridgehead atoms. The number of β-amino-alcohol motifs (C(OH)–C–C–N with tert-alkyl or cyclic N) is 1. The Labute approximate surface area is 164 Å². The minimum Gasteiger partial charge on any atom is -0.493 e. The number of aromatic amines is 1. The van der Waals surface area contributed by atoms with Crippen molar-refractivity contribution in [3.05, 3.63) is 54.2 Å². The number of nitrogens with one attached hydrogen (secondary N) is 1. The molecule has 2 aromatic carbocycles. The molecule has 0 aliphatic carbocycles. The molecule has 1 aromatic heterocycles. The zero-order valence-electron chi connectivity index (χ0n) is 16.2. The van der Waals surface area contributed by atoms with Gasteiger partial charge in [0.15, 0.2) is 11.5 Å². The topological polar surface area (TPSA) is 67.0 Å². The van der Waals surface area contributed by atoms with Gasteiger partial charge in [-0.05, 0) is 36.2 Å². The van der Waals surface area contributed by atoms with Gasteiger partial charge in [-0.2, -0.15) is 0 Å². The molecule has 2 atom stereocenters. The number of methoxy groups -OCH3 is 2. The van der Waals surface area contributed by atoms with Crippen LogP contribution in [0.5, 0.6) is 17.2 Å². The monoisotopic (exact) mass is 382 g/mol. The fraction of sp³-hybridized carbons (Fsp3) is 0.364. The van der Waals surface area contributed by atoms with Crippen molar-refractivity contribution in [1.82, 2.24) is 9.88 Å². The fourth-order valence-corrected chi connectivity index (χ4v) is 3.85. The minimum atomic E-state index is -0.549. The molecule has 28 heavy (non-hydrogen) atoms. The number of fused-ring (bicyclic) bond motifs is 1. The second-order valence-corrected chi connectivity index (χ2v) is 7.12. The number of aromatic nitrogens is 1. The summed E-state index contributed by atoms with van der Waals surface area (Å²) < 4.78 is 16.6. The van der Waals surface area contributed by atoms with Gasteiger partial charge in [-0.1, -0.05) is 12.1 Å². The zero-order valence-corrected chi connectivity index (χ0v) is 16.2. The second kappa shape index (κ2) is 8.12. The van der Waals surface area contributed by atoms with Gasteiger partial charge in [0.2, 0.25) is 0 Å². The molecule has 1 fully saturated rings. The van der Waals surface area contributed by atoms with Gasteiger partial charge >= 0.3 is 0 Å². The van der Waals surface area contributed by atoms with Crippen LogP contribution in [0, 0.1) is 0 Å². The molecule has 0 spiro atoms. The Bertz CT molecular complexity index is 939. The fourth-order valence-electron chi connectivity index (χ4n) is 3.85. The number of hydrogen-bond acceptors (Lipinski definition) is 5. The molecule has 1 saturated heterocycles. The van der Waals surface area contributed by atoms with Crippen LogP contribution in [0.15, 0.2) is 48.7 Å². The molecular weight excluding hydrogens is 356 g/mol. The number of nitrogens with zero attached hydrogens (tertiary/aromatic N) is 1. The van der Waals surface area contributed by atoms with Crippen LogP contribution in [-0.2, 0) is 6.54 Å². The average Bonchev–Trinajstić information content (AvgIpc) is 3.20. The van der Waals surface area contributed by atoms with Gasteiger partial charge in [0.1, 0.15) is 18.0 Å². The predicted molar refractivity (Wildman–Crippen MR) is 108 cm³/mol. The molecule has 6 heteroatoms. The van der Waals surface area contributed by atoms with Gasteiger partial charge in [-0.15, -0.1) is 0 Å². The molecule has 0 radical (unpaired) electrons. The smallest absolute Gasteiger partial charge is 0.164 e. The van der Waals surface area contributed by atoms with Crippen molar-refractivity contribution in [2.24, 2.45) is 0 Å². The maximum atomic E-state index is 10.7. The highest BCUT2D eigenvalue weighted by Gasteiger charge is 2.29. The summed E-state index contributed by atoms with van der Waals surface area (Å²) in [4.78, 5) is 5.53. The van der Waals surface area contributed by atoms with Crippen molar-refractivity contribution >= 4 is 10.9 Å². The van der Waals surface area contributed by atoms with Crippen LogP contribution in [0.1, 0.15) is 12.0 Å². The van der Waals surface area contributed by atoms with E-state index < -0.39 is 6.10 Å². The molecule has 4 rings (SSSR count). The first-order valence-electron chi connectivity index (χ1n) is 9.52. The molecule has 0 amide bonds. The first kappa shape index (κ1) is 18.7. The van der Waals surface area contributed by atoms with Crippen LogP contribution in [0.3, 0.4) is 0 Å². The Hall–Kier alpha value is -2.70. The van der Waals surface area contributed by atoms with E-state index in [1.165, 1.54) is 10.9 Å². The van der Waals surface area contributed by atoms with Crippen LogP contribution in [-0.4, -0.2) is 54.5 Å². The van der Waals surface area contributed by atoms with Crippen molar-refractivity contribution in [2.45, 2.75) is 25.2 Å². The lowest BCUT2D eigenvalue weighted by Gasteiger charge is -2.36. The van der Waals surface area contributed by atoms with Crippen LogP contribution in [0.2, 0.25) is 0 Å². The summed E-state index contributed by atoms with van der Waals surface area (Å²) >= 11 is 0. The number of hydrogen-bond donors (Lipinski definition) is 2. The summed E-state index contributed by atoms with van der Waals surface area (Å²) in [6, 6.07) is 13.8. The number of benzene rings is 2. The molecule has 2 heterocycles. The zero-order chi connectivity index (χ0) is 19.5. The van der Waals surface area contributed by atoms with Gasteiger partial charge in [0.05, 0.1) is 14.2 Å². The molecule has 0 unspecified atom stereocenters. The Balaban J connectivity index is 1.39. The third-order valence-electron chi connectivity index (χ3n) is 5.33. The van der Waals surface area contributed by atoms with Gasteiger partial charge in [-0.3, -0.25) is 4.90 Å². The standard InChI is InChI=1S/C22H26N2O4/c1-26-21-7-6-16(12-22(21)27-2)28-20-9-11-24(14-19(20)25)13-15-4-3-5-18-17(15)8-10-23-18/h3-8,10,12,19-20,23,25H,9,11,13-14H2,1-2H3/t19-,20-/m1/s1. The Morgan fingerprint density at radius 1 is 1.11 bits per heavy atom. The SMILES string of the molecule is COc1ccc(O[C@@H]2CCN(Cc3cccc4[nH]ccc34)C[C@H]2O)cc1OC. The first-order valence-corrected chi connectivity index (χ1v) is 9.52. The van der Waals surface area contributed by atoms with Crippen LogP contribution >= 0.6 is 0 Å². The second-order valence-electron chi connectivity index (χ2n) is 7.12. The maximum absolute atomic E-state index is 10.7. The van der Waals surface area contributed by atoms with Crippen LogP contribution < -0.4 is 14.2 Å². The van der Waals surface area contributed by atoms with E-state index >= 15 is 0 Å². The van der Waals surface area contributed by atoms with E-state index in [1.54, 1.807) is 20.3 Å². The van der Waals surface area contributed by atoms with Gasteiger partial charge in [-0.25, -0.2) is 0 Å². The highest BCUT2D eigenvalue weighted by Crippen LogP contribution is 2.32. The van der Waals surface area contributed by atoms with Crippen LogP contribution in [0.4, 0.5) is 0 Å². The minimum absolute atomic E-state index is 0.239. The van der Waals surface area contributed by atoms with Crippen molar-refractivity contribution < 1.29 is 19.3 Å². The molecule has 1 aliphatic rings. The van der Waals surface area contributed by atoms with E-state index in [1.807, 2.05) is 18.3 Å². The molecular formula is C22H26N2O4. The van der Waals surface area contributed by atoms with Gasteiger partial charge in [0.25, 0.3) is 0 Å². The van der Waals surface area contributed by atoms with Crippen molar-refractivity contribution in [1.29, 1.82) is 0 Å². The normalized spacial score (nSPS) is 20.2. The van der Waals surface area contributed by atoms with Gasteiger partial charge in [0, 0.05) is 42.8 Å². The maximum Gasteiger partial charge on any atom is 0.164 e. The summed E-state index contributed by atoms with van der Waals surface area (Å²) in [5.41, 5.74) is 2.41. The lowest BCUT2D eigenvalue weighted by atomic mass is 10.0. The highest BCUT2D eigenvalue weighted by molar-refractivity contribution is 5.82. The molecule has 148 valence electrons. The predicted octanol–water partition coefficient (Wildman–Crippen LogP) is 3.20. The summed E-state index contributed by atoms with van der Waals surface area (Å²) in [6.45, 7) is 2.27. The molecule has 1 aliphatic heterocycles.